The highest BCUT2D eigenvalue weighted by Crippen LogP contribution is 2.16. The second-order valence-corrected chi connectivity index (χ2v) is 7.86. The number of hydrogen-bond donors (Lipinski definition) is 1. The highest BCUT2D eigenvalue weighted by molar-refractivity contribution is 7.89. The monoisotopic (exact) mass is 296 g/mol. The Balaban J connectivity index is 1.97. The van der Waals surface area contributed by atoms with Crippen LogP contribution in [0.15, 0.2) is 24.3 Å². The molecule has 0 radical (unpaired) electrons. The second-order valence-electron chi connectivity index (χ2n) is 5.74. The summed E-state index contributed by atoms with van der Waals surface area (Å²) in [5.41, 5.74) is 2.20. The quantitative estimate of drug-likeness (QED) is 0.900. The molecule has 112 valence electrons. The zero-order valence-corrected chi connectivity index (χ0v) is 13.1. The molecule has 20 heavy (non-hydrogen) atoms. The number of hydrogen-bond acceptors (Lipinski definition) is 3. The van der Waals surface area contributed by atoms with Gasteiger partial charge in [0.15, 0.2) is 0 Å². The first-order chi connectivity index (χ1) is 9.47. The first kappa shape index (κ1) is 15.5. The topological polar surface area (TPSA) is 49.4 Å². The van der Waals surface area contributed by atoms with Gasteiger partial charge in [0.1, 0.15) is 0 Å². The molecule has 0 saturated carbocycles. The van der Waals surface area contributed by atoms with E-state index >= 15 is 0 Å². The molecule has 1 aromatic carbocycles. The van der Waals surface area contributed by atoms with Crippen molar-refractivity contribution in [2.45, 2.75) is 26.3 Å². The van der Waals surface area contributed by atoms with Crippen LogP contribution >= 0.6 is 0 Å². The Labute approximate surface area is 122 Å². The summed E-state index contributed by atoms with van der Waals surface area (Å²) < 4.78 is 26.3. The molecule has 1 atom stereocenters. The first-order valence-electron chi connectivity index (χ1n) is 7.17. The fourth-order valence-electron chi connectivity index (χ4n) is 2.66. The van der Waals surface area contributed by atoms with Gasteiger partial charge in [-0.1, -0.05) is 29.8 Å². The molecule has 1 aromatic rings. The van der Waals surface area contributed by atoms with Crippen molar-refractivity contribution in [3.8, 4) is 0 Å². The van der Waals surface area contributed by atoms with Crippen LogP contribution in [0.2, 0.25) is 0 Å². The maximum atomic E-state index is 12.4. The van der Waals surface area contributed by atoms with E-state index in [4.69, 9.17) is 0 Å². The van der Waals surface area contributed by atoms with Crippen LogP contribution < -0.4 is 5.32 Å². The Morgan fingerprint density at radius 3 is 2.85 bits per heavy atom. The normalized spacial score (nSPS) is 20.2. The van der Waals surface area contributed by atoms with E-state index in [0.29, 0.717) is 6.54 Å². The molecule has 0 aliphatic carbocycles. The average Bonchev–Trinajstić information content (AvgIpc) is 2.39. The minimum Gasteiger partial charge on any atom is -0.316 e. The van der Waals surface area contributed by atoms with Crippen molar-refractivity contribution in [1.29, 1.82) is 0 Å². The van der Waals surface area contributed by atoms with Gasteiger partial charge in [-0.05, 0) is 44.3 Å². The van der Waals surface area contributed by atoms with E-state index in [0.717, 1.165) is 37.1 Å². The summed E-state index contributed by atoms with van der Waals surface area (Å²) in [5.74, 6) is 0.496. The molecular formula is C15H24N2O2S. The molecule has 2 rings (SSSR count). The smallest absolute Gasteiger partial charge is 0.214 e. The van der Waals surface area contributed by atoms with Crippen LogP contribution in [0.5, 0.6) is 0 Å². The van der Waals surface area contributed by atoms with Crippen molar-refractivity contribution in [3.63, 3.8) is 0 Å². The van der Waals surface area contributed by atoms with Gasteiger partial charge < -0.3 is 5.32 Å². The number of benzene rings is 1. The van der Waals surface area contributed by atoms with Gasteiger partial charge in [0.05, 0.1) is 5.75 Å². The third kappa shape index (κ3) is 4.30. The summed E-state index contributed by atoms with van der Waals surface area (Å²) in [6.45, 7) is 4.29. The van der Waals surface area contributed by atoms with E-state index in [-0.39, 0.29) is 11.7 Å². The van der Waals surface area contributed by atoms with E-state index in [9.17, 15) is 8.42 Å². The van der Waals surface area contributed by atoms with Gasteiger partial charge in [0.2, 0.25) is 10.0 Å². The standard InChI is InChI=1S/C15H24N2O2S/c1-13-5-3-6-14(9-13)11-17(2)20(18,19)12-15-7-4-8-16-10-15/h3,5-6,9,15-16H,4,7-8,10-12H2,1-2H3. The van der Waals surface area contributed by atoms with Crippen molar-refractivity contribution in [2.24, 2.45) is 5.92 Å². The summed E-state index contributed by atoms with van der Waals surface area (Å²) >= 11 is 0. The van der Waals surface area contributed by atoms with E-state index in [1.807, 2.05) is 31.2 Å². The highest BCUT2D eigenvalue weighted by atomic mass is 32.2. The number of piperidine rings is 1. The molecule has 1 saturated heterocycles. The van der Waals surface area contributed by atoms with Crippen LogP contribution in [0.25, 0.3) is 0 Å². The lowest BCUT2D eigenvalue weighted by molar-refractivity contribution is 0.391. The van der Waals surface area contributed by atoms with Crippen LogP contribution in [-0.4, -0.2) is 38.6 Å². The molecule has 1 aliphatic heterocycles. The largest absolute Gasteiger partial charge is 0.316 e. The maximum absolute atomic E-state index is 12.4. The molecule has 0 aromatic heterocycles. The van der Waals surface area contributed by atoms with Crippen LogP contribution in [0.4, 0.5) is 0 Å². The van der Waals surface area contributed by atoms with E-state index in [1.54, 1.807) is 7.05 Å². The number of rotatable bonds is 5. The number of aryl methyl sites for hydroxylation is 1. The lowest BCUT2D eigenvalue weighted by atomic mass is 10.0. The average molecular weight is 296 g/mol. The molecular weight excluding hydrogens is 272 g/mol. The molecule has 1 heterocycles. The van der Waals surface area contributed by atoms with Crippen molar-refractivity contribution in [2.75, 3.05) is 25.9 Å². The van der Waals surface area contributed by atoms with Gasteiger partial charge >= 0.3 is 0 Å². The van der Waals surface area contributed by atoms with Crippen molar-refractivity contribution < 1.29 is 8.42 Å². The third-order valence-electron chi connectivity index (χ3n) is 3.81. The summed E-state index contributed by atoms with van der Waals surface area (Å²) in [5, 5.41) is 3.27. The predicted molar refractivity (Wildman–Crippen MR) is 82.0 cm³/mol. The van der Waals surface area contributed by atoms with Crippen molar-refractivity contribution in [3.05, 3.63) is 35.4 Å². The molecule has 0 spiro atoms. The molecule has 1 N–H and O–H groups in total. The maximum Gasteiger partial charge on any atom is 0.214 e. The van der Waals surface area contributed by atoms with E-state index in [2.05, 4.69) is 5.32 Å². The molecule has 4 nitrogen and oxygen atoms in total. The Morgan fingerprint density at radius 1 is 1.40 bits per heavy atom. The number of sulfonamides is 1. The van der Waals surface area contributed by atoms with Crippen LogP contribution in [0.1, 0.15) is 24.0 Å². The Kier molecular flexibility index (Phi) is 5.18. The van der Waals surface area contributed by atoms with Gasteiger partial charge in [0, 0.05) is 13.6 Å². The second kappa shape index (κ2) is 6.70. The number of nitrogens with one attached hydrogen (secondary N) is 1. The van der Waals surface area contributed by atoms with E-state index < -0.39 is 10.0 Å². The summed E-state index contributed by atoms with van der Waals surface area (Å²) in [4.78, 5) is 0. The molecule has 1 unspecified atom stereocenters. The third-order valence-corrected chi connectivity index (χ3v) is 5.78. The van der Waals surface area contributed by atoms with Gasteiger partial charge in [-0.3, -0.25) is 0 Å². The Hall–Kier alpha value is -0.910. The Morgan fingerprint density at radius 2 is 2.20 bits per heavy atom. The molecule has 0 amide bonds. The minimum atomic E-state index is -3.18. The van der Waals surface area contributed by atoms with Crippen molar-refractivity contribution in [1.82, 2.24) is 9.62 Å². The van der Waals surface area contributed by atoms with Gasteiger partial charge in [-0.15, -0.1) is 0 Å². The number of nitrogens with zero attached hydrogens (tertiary/aromatic N) is 1. The van der Waals surface area contributed by atoms with Gasteiger partial charge in [-0.2, -0.15) is 0 Å². The SMILES string of the molecule is Cc1cccc(CN(C)S(=O)(=O)CC2CCCNC2)c1. The zero-order valence-electron chi connectivity index (χ0n) is 12.3. The molecule has 5 heteroatoms. The fraction of sp³-hybridized carbons (Fsp3) is 0.600. The lowest BCUT2D eigenvalue weighted by Crippen LogP contribution is -2.38. The summed E-state index contributed by atoms with van der Waals surface area (Å²) in [6.07, 6.45) is 2.08. The molecule has 1 aliphatic rings. The molecule has 1 fully saturated rings. The van der Waals surface area contributed by atoms with E-state index in [1.165, 1.54) is 4.31 Å². The minimum absolute atomic E-state index is 0.244. The summed E-state index contributed by atoms with van der Waals surface area (Å²) in [7, 11) is -1.50. The Bertz CT molecular complexity index is 537. The van der Waals surface area contributed by atoms with Crippen LogP contribution in [0.3, 0.4) is 0 Å². The van der Waals surface area contributed by atoms with Crippen LogP contribution in [0, 0.1) is 12.8 Å². The van der Waals surface area contributed by atoms with Gasteiger partial charge in [-0.25, -0.2) is 12.7 Å². The predicted octanol–water partition coefficient (Wildman–Crippen LogP) is 1.76. The first-order valence-corrected chi connectivity index (χ1v) is 8.78. The molecule has 0 bridgehead atoms. The zero-order chi connectivity index (χ0) is 14.6. The fourth-order valence-corrected chi connectivity index (χ4v) is 4.14. The lowest BCUT2D eigenvalue weighted by Gasteiger charge is -2.25. The van der Waals surface area contributed by atoms with Gasteiger partial charge in [0.25, 0.3) is 0 Å². The van der Waals surface area contributed by atoms with Crippen molar-refractivity contribution >= 4 is 10.0 Å². The van der Waals surface area contributed by atoms with Crippen LogP contribution in [-0.2, 0) is 16.6 Å². The highest BCUT2D eigenvalue weighted by Gasteiger charge is 2.24. The summed E-state index contributed by atoms with van der Waals surface area (Å²) in [6, 6.07) is 8.00.